The Kier molecular flexibility index (Phi) is 5.62. The van der Waals surface area contributed by atoms with E-state index >= 15 is 0 Å². The average molecular weight is 412 g/mol. The molecule has 2 N–H and O–H groups in total. The first-order valence-electron chi connectivity index (χ1n) is 11.0. The lowest BCUT2D eigenvalue weighted by Gasteiger charge is -2.35. The van der Waals surface area contributed by atoms with Gasteiger partial charge >= 0.3 is 0 Å². The second kappa shape index (κ2) is 8.20. The minimum atomic E-state index is -0.712. The van der Waals surface area contributed by atoms with Crippen LogP contribution in [0, 0.1) is 5.92 Å². The number of carbonyl (C=O) groups excluding carboxylic acids is 4. The number of piperidine rings is 1. The van der Waals surface area contributed by atoms with Gasteiger partial charge in [-0.15, -0.1) is 0 Å². The van der Waals surface area contributed by atoms with Crippen LogP contribution in [0.3, 0.4) is 0 Å². The van der Waals surface area contributed by atoms with Gasteiger partial charge in [-0.2, -0.15) is 0 Å². The molecule has 4 rings (SSSR count). The second-order valence-electron chi connectivity index (χ2n) is 8.76. The molecule has 0 aromatic heterocycles. The fourth-order valence-electron chi connectivity index (χ4n) is 5.16. The Bertz CT molecular complexity index is 860. The van der Waals surface area contributed by atoms with E-state index in [2.05, 4.69) is 10.6 Å². The van der Waals surface area contributed by atoms with Crippen LogP contribution in [0.1, 0.15) is 63.9 Å². The topological polar surface area (TPSA) is 95.6 Å². The molecule has 3 fully saturated rings. The van der Waals surface area contributed by atoms with Crippen molar-refractivity contribution in [1.82, 2.24) is 10.2 Å². The quantitative estimate of drug-likeness (QED) is 0.728. The zero-order chi connectivity index (χ0) is 21.3. The van der Waals surface area contributed by atoms with Crippen molar-refractivity contribution in [3.8, 4) is 0 Å². The first kappa shape index (κ1) is 20.6. The van der Waals surface area contributed by atoms with Crippen molar-refractivity contribution in [1.29, 1.82) is 0 Å². The summed E-state index contributed by atoms with van der Waals surface area (Å²) in [6.07, 6.45) is 6.07. The molecule has 2 atom stereocenters. The number of hydrogen-bond acceptors (Lipinski definition) is 4. The lowest BCUT2D eigenvalue weighted by atomic mass is 9.72. The first-order chi connectivity index (χ1) is 14.4. The molecule has 160 valence electrons. The van der Waals surface area contributed by atoms with Crippen LogP contribution in [-0.4, -0.2) is 41.1 Å². The van der Waals surface area contributed by atoms with Gasteiger partial charge in [0.05, 0.1) is 11.3 Å². The van der Waals surface area contributed by atoms with Crippen molar-refractivity contribution in [3.63, 3.8) is 0 Å². The monoisotopic (exact) mass is 411 g/mol. The van der Waals surface area contributed by atoms with Crippen LogP contribution < -0.4 is 10.6 Å². The molecule has 1 saturated carbocycles. The van der Waals surface area contributed by atoms with Gasteiger partial charge < -0.3 is 10.2 Å². The van der Waals surface area contributed by atoms with Crippen LogP contribution in [0.4, 0.5) is 5.69 Å². The second-order valence-corrected chi connectivity index (χ2v) is 8.76. The van der Waals surface area contributed by atoms with Crippen molar-refractivity contribution < 1.29 is 19.2 Å². The summed E-state index contributed by atoms with van der Waals surface area (Å²) in [5.41, 5.74) is 0.779. The number of anilines is 1. The summed E-state index contributed by atoms with van der Waals surface area (Å²) in [4.78, 5) is 51.0. The Morgan fingerprint density at radius 2 is 1.87 bits per heavy atom. The van der Waals surface area contributed by atoms with Crippen LogP contribution in [0.15, 0.2) is 24.3 Å². The van der Waals surface area contributed by atoms with Crippen LogP contribution in [0.5, 0.6) is 0 Å². The van der Waals surface area contributed by atoms with Gasteiger partial charge in [-0.25, -0.2) is 0 Å². The number of nitrogens with one attached hydrogen (secondary N) is 2. The Morgan fingerprint density at radius 3 is 2.50 bits per heavy atom. The number of nitrogens with zero attached hydrogens (tertiary/aromatic N) is 1. The van der Waals surface area contributed by atoms with E-state index in [1.165, 1.54) is 0 Å². The molecule has 1 aromatic carbocycles. The van der Waals surface area contributed by atoms with E-state index in [4.69, 9.17) is 0 Å². The normalized spacial score (nSPS) is 27.4. The number of amides is 4. The van der Waals surface area contributed by atoms with Crippen LogP contribution in [-0.2, 0) is 24.6 Å². The van der Waals surface area contributed by atoms with E-state index in [0.717, 1.165) is 31.2 Å². The highest BCUT2D eigenvalue weighted by molar-refractivity contribution is 6.03. The Balaban J connectivity index is 1.41. The summed E-state index contributed by atoms with van der Waals surface area (Å²) in [7, 11) is 0. The van der Waals surface area contributed by atoms with Gasteiger partial charge in [-0.05, 0) is 43.4 Å². The molecule has 1 aliphatic carbocycles. The number of hydrogen-bond donors (Lipinski definition) is 2. The molecule has 1 aromatic rings. The third-order valence-corrected chi connectivity index (χ3v) is 7.07. The lowest BCUT2D eigenvalue weighted by molar-refractivity contribution is -0.138. The molecule has 0 radical (unpaired) electrons. The standard InChI is InChI=1S/C23H29N3O4/c1-2-23(12-11-19(27)25-22(23)30)16-7-9-17(10-8-16)24-21(29)15-13-20(28)26(14-15)18-5-3-4-6-18/h7-10,15,18H,2-6,11-14H2,1H3,(H,24,29)(H,25,27,30). The Labute approximate surface area is 176 Å². The molecule has 0 bridgehead atoms. The SMILES string of the molecule is CCC1(c2ccc(NC(=O)C3CC(=O)N(C4CCCC4)C3)cc2)CCC(=O)NC1=O. The maximum absolute atomic E-state index is 12.7. The Morgan fingerprint density at radius 1 is 1.17 bits per heavy atom. The molecular weight excluding hydrogens is 382 g/mol. The summed E-state index contributed by atoms with van der Waals surface area (Å²) in [6.45, 7) is 2.44. The van der Waals surface area contributed by atoms with E-state index in [-0.39, 0.29) is 36.0 Å². The summed E-state index contributed by atoms with van der Waals surface area (Å²) < 4.78 is 0. The minimum absolute atomic E-state index is 0.0835. The van der Waals surface area contributed by atoms with Gasteiger partial charge in [0.15, 0.2) is 0 Å². The highest BCUT2D eigenvalue weighted by Gasteiger charge is 2.43. The maximum Gasteiger partial charge on any atom is 0.237 e. The fraction of sp³-hybridized carbons (Fsp3) is 0.565. The van der Waals surface area contributed by atoms with E-state index < -0.39 is 5.41 Å². The van der Waals surface area contributed by atoms with E-state index in [1.807, 2.05) is 24.0 Å². The predicted octanol–water partition coefficient (Wildman–Crippen LogP) is 2.50. The third kappa shape index (κ3) is 3.73. The largest absolute Gasteiger partial charge is 0.339 e. The molecule has 0 spiro atoms. The fourth-order valence-corrected chi connectivity index (χ4v) is 5.16. The number of likely N-dealkylation sites (tertiary alicyclic amines) is 1. The highest BCUT2D eigenvalue weighted by Crippen LogP contribution is 2.36. The van der Waals surface area contributed by atoms with Gasteiger partial charge in [-0.1, -0.05) is 31.9 Å². The summed E-state index contributed by atoms with van der Waals surface area (Å²) >= 11 is 0. The molecule has 2 saturated heterocycles. The number of rotatable bonds is 5. The maximum atomic E-state index is 12.7. The van der Waals surface area contributed by atoms with E-state index in [1.54, 1.807) is 12.1 Å². The highest BCUT2D eigenvalue weighted by atomic mass is 16.2. The van der Waals surface area contributed by atoms with Crippen molar-refractivity contribution in [2.45, 2.75) is 69.7 Å². The number of benzene rings is 1. The number of imide groups is 1. The molecule has 2 heterocycles. The minimum Gasteiger partial charge on any atom is -0.339 e. The van der Waals surface area contributed by atoms with Gasteiger partial charge in [0.1, 0.15) is 0 Å². The molecule has 4 amide bonds. The molecule has 30 heavy (non-hydrogen) atoms. The summed E-state index contributed by atoms with van der Waals surface area (Å²) in [5, 5.41) is 5.37. The molecule has 2 aliphatic heterocycles. The van der Waals surface area contributed by atoms with Crippen LogP contribution in [0.25, 0.3) is 0 Å². The third-order valence-electron chi connectivity index (χ3n) is 7.07. The van der Waals surface area contributed by atoms with Gasteiger partial charge in [-0.3, -0.25) is 24.5 Å². The summed E-state index contributed by atoms with van der Waals surface area (Å²) in [6, 6.07) is 7.58. The first-order valence-corrected chi connectivity index (χ1v) is 11.0. The van der Waals surface area contributed by atoms with E-state index in [0.29, 0.717) is 37.5 Å². The molecular formula is C23H29N3O4. The zero-order valence-corrected chi connectivity index (χ0v) is 17.4. The molecule has 3 aliphatic rings. The number of carbonyl (C=O) groups is 4. The predicted molar refractivity (Wildman–Crippen MR) is 112 cm³/mol. The smallest absolute Gasteiger partial charge is 0.237 e. The van der Waals surface area contributed by atoms with Crippen molar-refractivity contribution >= 4 is 29.3 Å². The Hall–Kier alpha value is -2.70. The van der Waals surface area contributed by atoms with Crippen LogP contribution >= 0.6 is 0 Å². The van der Waals surface area contributed by atoms with Crippen molar-refractivity contribution in [2.24, 2.45) is 5.92 Å². The van der Waals surface area contributed by atoms with Gasteiger partial charge in [0.2, 0.25) is 23.6 Å². The molecule has 7 nitrogen and oxygen atoms in total. The van der Waals surface area contributed by atoms with Gasteiger partial charge in [0, 0.05) is 31.1 Å². The molecule has 7 heteroatoms. The molecule has 2 unspecified atom stereocenters. The lowest BCUT2D eigenvalue weighted by Crippen LogP contribution is -2.51. The van der Waals surface area contributed by atoms with E-state index in [9.17, 15) is 19.2 Å². The van der Waals surface area contributed by atoms with Crippen molar-refractivity contribution in [3.05, 3.63) is 29.8 Å². The summed E-state index contributed by atoms with van der Waals surface area (Å²) in [5.74, 6) is -0.863. The van der Waals surface area contributed by atoms with Gasteiger partial charge in [0.25, 0.3) is 0 Å². The van der Waals surface area contributed by atoms with Crippen LogP contribution in [0.2, 0.25) is 0 Å². The zero-order valence-electron chi connectivity index (χ0n) is 17.4. The average Bonchev–Trinajstić information content (AvgIpc) is 3.39. The van der Waals surface area contributed by atoms with Crippen molar-refractivity contribution in [2.75, 3.05) is 11.9 Å².